The largest absolute Gasteiger partial charge is 0.508 e. The fourth-order valence-electron chi connectivity index (χ4n) is 1.99. The van der Waals surface area contributed by atoms with E-state index in [-0.39, 0.29) is 17.1 Å². The molecule has 0 atom stereocenters. The van der Waals surface area contributed by atoms with Crippen molar-refractivity contribution >= 4 is 23.4 Å². The van der Waals surface area contributed by atoms with E-state index in [4.69, 9.17) is 4.74 Å². The van der Waals surface area contributed by atoms with E-state index in [1.165, 1.54) is 25.1 Å². The Kier molecular flexibility index (Phi) is 5.08. The summed E-state index contributed by atoms with van der Waals surface area (Å²) in [6.07, 6.45) is 2.45. The van der Waals surface area contributed by atoms with E-state index in [0.717, 1.165) is 18.2 Å². The number of nitrogens with zero attached hydrogens (tertiary/aromatic N) is 2. The number of phenolic OH excluding ortho intramolecular Hbond substituents is 1. The maximum absolute atomic E-state index is 11.9. The van der Waals surface area contributed by atoms with E-state index in [0.29, 0.717) is 5.56 Å². The summed E-state index contributed by atoms with van der Waals surface area (Å²) < 4.78 is 4.98. The first kappa shape index (κ1) is 17.6. The van der Waals surface area contributed by atoms with E-state index in [1.54, 1.807) is 12.1 Å². The molecule has 128 valence electrons. The van der Waals surface area contributed by atoms with Crippen LogP contribution >= 0.6 is 0 Å². The number of ether oxygens (including phenoxy) is 1. The highest BCUT2D eigenvalue weighted by Gasteiger charge is 2.25. The Morgan fingerprint density at radius 3 is 2.32 bits per heavy atom. The second-order valence-electron chi connectivity index (χ2n) is 4.97. The fourth-order valence-corrected chi connectivity index (χ4v) is 1.99. The number of non-ortho nitro benzene ring substituents is 1. The van der Waals surface area contributed by atoms with E-state index < -0.39 is 27.2 Å². The molecule has 0 fully saturated rings. The number of aryl methyl sites for hydroxylation is 1. The van der Waals surface area contributed by atoms with Crippen molar-refractivity contribution in [2.24, 2.45) is 0 Å². The normalized spacial score (nSPS) is 10.6. The molecule has 1 N–H and O–H groups in total. The lowest BCUT2D eigenvalue weighted by Crippen LogP contribution is -2.08. The molecule has 0 heterocycles. The Morgan fingerprint density at radius 2 is 1.76 bits per heavy atom. The Hall–Kier alpha value is -3.75. The fraction of sp³-hybridized carbons (Fsp3) is 0.0625. The zero-order chi connectivity index (χ0) is 18.6. The molecule has 9 heteroatoms. The Labute approximate surface area is 141 Å². The van der Waals surface area contributed by atoms with Crippen molar-refractivity contribution in [1.82, 2.24) is 0 Å². The number of hydrogen-bond donors (Lipinski definition) is 1. The van der Waals surface area contributed by atoms with E-state index in [9.17, 15) is 30.1 Å². The second-order valence-corrected chi connectivity index (χ2v) is 4.97. The van der Waals surface area contributed by atoms with Gasteiger partial charge in [-0.05, 0) is 30.7 Å². The second kappa shape index (κ2) is 7.21. The van der Waals surface area contributed by atoms with Crippen LogP contribution in [0, 0.1) is 27.2 Å². The van der Waals surface area contributed by atoms with Gasteiger partial charge in [-0.3, -0.25) is 20.2 Å². The molecule has 2 aromatic carbocycles. The summed E-state index contributed by atoms with van der Waals surface area (Å²) in [7, 11) is 0. The Balaban J connectivity index is 2.26. The quantitative estimate of drug-likeness (QED) is 0.289. The molecule has 0 amide bonds. The molecule has 2 aromatic rings. The van der Waals surface area contributed by atoms with Gasteiger partial charge in [-0.1, -0.05) is 12.1 Å². The Bertz CT molecular complexity index is 873. The minimum absolute atomic E-state index is 0.0665. The molecule has 9 nitrogen and oxygen atoms in total. The van der Waals surface area contributed by atoms with Crippen molar-refractivity contribution in [3.8, 4) is 11.5 Å². The van der Waals surface area contributed by atoms with Gasteiger partial charge in [0.05, 0.1) is 15.9 Å². The number of phenols is 1. The number of esters is 1. The molecule has 0 spiro atoms. The van der Waals surface area contributed by atoms with Crippen LogP contribution in [0.15, 0.2) is 42.5 Å². The van der Waals surface area contributed by atoms with Gasteiger partial charge in [0.15, 0.2) is 0 Å². The lowest BCUT2D eigenvalue weighted by molar-refractivity contribution is -0.394. The lowest BCUT2D eigenvalue weighted by Gasteiger charge is -2.06. The van der Waals surface area contributed by atoms with Crippen LogP contribution in [0.3, 0.4) is 0 Å². The monoisotopic (exact) mass is 344 g/mol. The SMILES string of the molecule is Cc1cc([N+](=O)[O-])cc([N+](=O)[O-])c1OC(=O)/C=C/c1ccc(O)cc1. The van der Waals surface area contributed by atoms with Gasteiger partial charge in [-0.25, -0.2) is 4.79 Å². The van der Waals surface area contributed by atoms with E-state index in [2.05, 4.69) is 0 Å². The van der Waals surface area contributed by atoms with Crippen molar-refractivity contribution in [2.45, 2.75) is 6.92 Å². The highest BCUT2D eigenvalue weighted by molar-refractivity contribution is 5.89. The van der Waals surface area contributed by atoms with Crippen LogP contribution in [0.1, 0.15) is 11.1 Å². The lowest BCUT2D eigenvalue weighted by atomic mass is 10.1. The number of hydrogen-bond acceptors (Lipinski definition) is 7. The Morgan fingerprint density at radius 1 is 1.12 bits per heavy atom. The smallest absolute Gasteiger partial charge is 0.336 e. The average molecular weight is 344 g/mol. The van der Waals surface area contributed by atoms with Crippen LogP contribution in [0.25, 0.3) is 6.08 Å². The summed E-state index contributed by atoms with van der Waals surface area (Å²) in [6, 6.07) is 7.78. The molecule has 0 aromatic heterocycles. The van der Waals surface area contributed by atoms with Crippen molar-refractivity contribution in [3.05, 3.63) is 73.8 Å². The van der Waals surface area contributed by atoms with Crippen molar-refractivity contribution < 1.29 is 24.5 Å². The summed E-state index contributed by atoms with van der Waals surface area (Å²) >= 11 is 0. The molecule has 0 saturated heterocycles. The number of benzene rings is 2. The zero-order valence-electron chi connectivity index (χ0n) is 12.9. The summed E-state index contributed by atoms with van der Waals surface area (Å²) in [5.41, 5.74) is -0.446. The van der Waals surface area contributed by atoms with Crippen LogP contribution < -0.4 is 4.74 Å². The summed E-state index contributed by atoms with van der Waals surface area (Å²) in [5.74, 6) is -1.17. The van der Waals surface area contributed by atoms with Crippen LogP contribution in [0.4, 0.5) is 11.4 Å². The number of carbonyl (C=O) groups excluding carboxylic acids is 1. The van der Waals surface area contributed by atoms with Gasteiger partial charge in [-0.2, -0.15) is 0 Å². The topological polar surface area (TPSA) is 133 Å². The molecule has 0 saturated carbocycles. The van der Waals surface area contributed by atoms with Crippen LogP contribution in [0.5, 0.6) is 11.5 Å². The predicted molar refractivity (Wildman–Crippen MR) is 87.3 cm³/mol. The molecule has 2 rings (SSSR count). The minimum Gasteiger partial charge on any atom is -0.508 e. The maximum Gasteiger partial charge on any atom is 0.336 e. The standard InChI is InChI=1S/C16H12N2O7/c1-10-8-12(17(21)22)9-14(18(23)24)16(10)25-15(20)7-4-11-2-5-13(19)6-3-11/h2-9,19H,1H3/b7-4+. The van der Waals surface area contributed by atoms with Gasteiger partial charge in [0.2, 0.25) is 5.75 Å². The maximum atomic E-state index is 11.9. The van der Waals surface area contributed by atoms with Crippen LogP contribution in [-0.4, -0.2) is 20.9 Å². The van der Waals surface area contributed by atoms with Crippen molar-refractivity contribution in [2.75, 3.05) is 0 Å². The molecule has 0 aliphatic carbocycles. The molecule has 0 bridgehead atoms. The first-order valence-corrected chi connectivity index (χ1v) is 6.90. The first-order chi connectivity index (χ1) is 11.8. The third-order valence-electron chi connectivity index (χ3n) is 3.15. The summed E-state index contributed by atoms with van der Waals surface area (Å²) in [4.78, 5) is 32.1. The van der Waals surface area contributed by atoms with E-state index in [1.807, 2.05) is 0 Å². The first-order valence-electron chi connectivity index (χ1n) is 6.90. The average Bonchev–Trinajstić information content (AvgIpc) is 2.55. The molecule has 0 aliphatic rings. The molecule has 0 unspecified atom stereocenters. The third-order valence-corrected chi connectivity index (χ3v) is 3.15. The van der Waals surface area contributed by atoms with Gasteiger partial charge in [0, 0.05) is 17.7 Å². The minimum atomic E-state index is -0.881. The number of nitro groups is 2. The molecule has 0 radical (unpaired) electrons. The van der Waals surface area contributed by atoms with E-state index >= 15 is 0 Å². The zero-order valence-corrected chi connectivity index (χ0v) is 12.9. The van der Waals surface area contributed by atoms with Crippen molar-refractivity contribution in [3.63, 3.8) is 0 Å². The molecule has 25 heavy (non-hydrogen) atoms. The van der Waals surface area contributed by atoms with Gasteiger partial charge in [0.25, 0.3) is 5.69 Å². The number of rotatable bonds is 5. The van der Waals surface area contributed by atoms with Crippen molar-refractivity contribution in [1.29, 1.82) is 0 Å². The molecular weight excluding hydrogens is 332 g/mol. The van der Waals surface area contributed by atoms with Gasteiger partial charge < -0.3 is 9.84 Å². The highest BCUT2D eigenvalue weighted by atomic mass is 16.6. The van der Waals surface area contributed by atoms with Crippen LogP contribution in [0.2, 0.25) is 0 Å². The van der Waals surface area contributed by atoms with Gasteiger partial charge in [-0.15, -0.1) is 0 Å². The molecule has 0 aliphatic heterocycles. The predicted octanol–water partition coefficient (Wildman–Crippen LogP) is 3.14. The summed E-state index contributed by atoms with van der Waals surface area (Å²) in [5, 5.41) is 31.1. The number of aromatic hydroxyl groups is 1. The number of nitro benzene ring substituents is 2. The number of carbonyl (C=O) groups is 1. The van der Waals surface area contributed by atoms with Gasteiger partial charge in [0.1, 0.15) is 5.75 Å². The van der Waals surface area contributed by atoms with Gasteiger partial charge >= 0.3 is 11.7 Å². The molecular formula is C16H12N2O7. The third kappa shape index (κ3) is 4.38. The van der Waals surface area contributed by atoms with Crippen LogP contribution in [-0.2, 0) is 4.79 Å². The highest BCUT2D eigenvalue weighted by Crippen LogP contribution is 2.35. The summed E-state index contributed by atoms with van der Waals surface area (Å²) in [6.45, 7) is 1.37.